The number of hydrogen-bond acceptors (Lipinski definition) is 2. The number of halogens is 5. The summed E-state index contributed by atoms with van der Waals surface area (Å²) in [5, 5.41) is 0. The van der Waals surface area contributed by atoms with E-state index < -0.39 is 55.2 Å². The van der Waals surface area contributed by atoms with Gasteiger partial charge in [-0.05, 0) is 30.2 Å². The molecule has 22 heavy (non-hydrogen) atoms. The molecule has 0 aliphatic carbocycles. The van der Waals surface area contributed by atoms with Gasteiger partial charge in [-0.15, -0.1) is 0 Å². The first-order valence-electron chi connectivity index (χ1n) is 5.65. The minimum Gasteiger partial charge on any atom is -0.282 e. The first kappa shape index (κ1) is 16.4. The van der Waals surface area contributed by atoms with Gasteiger partial charge in [0.25, 0.3) is 10.1 Å². The Kier molecular flexibility index (Phi) is 3.96. The smallest absolute Gasteiger partial charge is 0.282 e. The molecular weight excluding hydrogens is 331 g/mol. The van der Waals surface area contributed by atoms with Crippen LogP contribution in [0.2, 0.25) is 0 Å². The highest BCUT2D eigenvalue weighted by atomic mass is 32.2. The van der Waals surface area contributed by atoms with Gasteiger partial charge in [0.1, 0.15) is 0 Å². The van der Waals surface area contributed by atoms with Crippen LogP contribution in [-0.4, -0.2) is 13.0 Å². The first-order chi connectivity index (χ1) is 10.1. The Morgan fingerprint density at radius 1 is 0.864 bits per heavy atom. The molecule has 9 heteroatoms. The Labute approximate surface area is 121 Å². The van der Waals surface area contributed by atoms with Gasteiger partial charge in [-0.3, -0.25) is 4.55 Å². The molecule has 0 aliphatic heterocycles. The van der Waals surface area contributed by atoms with E-state index in [1.807, 2.05) is 0 Å². The molecule has 2 aromatic carbocycles. The molecule has 118 valence electrons. The van der Waals surface area contributed by atoms with E-state index in [1.54, 1.807) is 0 Å². The quantitative estimate of drug-likeness (QED) is 0.394. The molecule has 0 aliphatic rings. The van der Waals surface area contributed by atoms with Crippen LogP contribution in [0.4, 0.5) is 22.0 Å². The van der Waals surface area contributed by atoms with Crippen molar-refractivity contribution in [2.24, 2.45) is 0 Å². The van der Waals surface area contributed by atoms with Crippen molar-refractivity contribution in [3.63, 3.8) is 0 Å². The molecule has 3 nitrogen and oxygen atoms in total. The van der Waals surface area contributed by atoms with Crippen LogP contribution in [0.5, 0.6) is 0 Å². The van der Waals surface area contributed by atoms with E-state index >= 15 is 0 Å². The third-order valence-corrected chi connectivity index (χ3v) is 3.84. The van der Waals surface area contributed by atoms with Crippen molar-refractivity contribution in [2.75, 3.05) is 0 Å². The Bertz CT molecular complexity index is 849. The fourth-order valence-electron chi connectivity index (χ4n) is 1.87. The van der Waals surface area contributed by atoms with Gasteiger partial charge in [-0.2, -0.15) is 8.42 Å². The van der Waals surface area contributed by atoms with Gasteiger partial charge in [0.15, 0.2) is 23.3 Å². The normalized spacial score (nSPS) is 11.8. The van der Waals surface area contributed by atoms with Crippen molar-refractivity contribution >= 4 is 10.1 Å². The monoisotopic (exact) mass is 338 g/mol. The zero-order valence-electron chi connectivity index (χ0n) is 10.8. The summed E-state index contributed by atoms with van der Waals surface area (Å²) in [5.74, 6) is -10.8. The lowest BCUT2D eigenvalue weighted by atomic mass is 9.99. The summed E-state index contributed by atoms with van der Waals surface area (Å²) < 4.78 is 98.0. The highest BCUT2D eigenvalue weighted by Crippen LogP contribution is 2.34. The maximum atomic E-state index is 13.8. The van der Waals surface area contributed by atoms with Crippen LogP contribution in [0, 0.1) is 36.0 Å². The third kappa shape index (κ3) is 2.57. The lowest BCUT2D eigenvalue weighted by molar-refractivity contribution is 0.381. The van der Waals surface area contributed by atoms with Crippen molar-refractivity contribution in [3.8, 4) is 11.1 Å². The lowest BCUT2D eigenvalue weighted by Crippen LogP contribution is -2.06. The molecule has 0 fully saturated rings. The minimum atomic E-state index is -4.71. The summed E-state index contributed by atoms with van der Waals surface area (Å²) in [7, 11) is -4.71. The van der Waals surface area contributed by atoms with Crippen molar-refractivity contribution in [2.45, 2.75) is 11.8 Å². The molecule has 0 aromatic heterocycles. The van der Waals surface area contributed by atoms with E-state index in [9.17, 15) is 30.4 Å². The van der Waals surface area contributed by atoms with Crippen LogP contribution in [0.15, 0.2) is 23.1 Å². The largest absolute Gasteiger partial charge is 0.294 e. The highest BCUT2D eigenvalue weighted by molar-refractivity contribution is 7.85. The van der Waals surface area contributed by atoms with Gasteiger partial charge in [-0.1, -0.05) is 6.07 Å². The molecule has 0 bridgehead atoms. The standard InChI is InChI=1S/C13H7F5O3S/c1-5-2-3-6(22(19,20)21)4-7(5)8-9(14)11(16)13(18)12(17)10(8)15/h2-4H,1H3,(H,19,20,21). The van der Waals surface area contributed by atoms with E-state index in [0.29, 0.717) is 6.07 Å². The Balaban J connectivity index is 2.89. The van der Waals surface area contributed by atoms with Crippen LogP contribution in [-0.2, 0) is 10.1 Å². The van der Waals surface area contributed by atoms with Gasteiger partial charge in [0, 0.05) is 0 Å². The molecule has 0 radical (unpaired) electrons. The topological polar surface area (TPSA) is 54.4 Å². The molecule has 0 heterocycles. The van der Waals surface area contributed by atoms with Gasteiger partial charge in [-0.25, -0.2) is 22.0 Å². The zero-order valence-corrected chi connectivity index (χ0v) is 11.6. The minimum absolute atomic E-state index is 0.0515. The first-order valence-corrected chi connectivity index (χ1v) is 7.09. The van der Waals surface area contributed by atoms with Crippen molar-refractivity contribution in [3.05, 3.63) is 52.8 Å². The number of rotatable bonds is 2. The zero-order chi connectivity index (χ0) is 16.8. The van der Waals surface area contributed by atoms with Gasteiger partial charge in [0.05, 0.1) is 10.5 Å². The van der Waals surface area contributed by atoms with Crippen molar-refractivity contribution in [1.29, 1.82) is 0 Å². The summed E-state index contributed by atoms with van der Waals surface area (Å²) >= 11 is 0. The number of benzene rings is 2. The average Bonchev–Trinajstić information content (AvgIpc) is 2.44. The van der Waals surface area contributed by atoms with Crippen LogP contribution in [0.25, 0.3) is 11.1 Å². The molecule has 1 N–H and O–H groups in total. The Morgan fingerprint density at radius 2 is 1.32 bits per heavy atom. The summed E-state index contributed by atoms with van der Waals surface area (Å²) in [6.07, 6.45) is 0. The van der Waals surface area contributed by atoms with Crippen LogP contribution >= 0.6 is 0 Å². The third-order valence-electron chi connectivity index (χ3n) is 2.99. The van der Waals surface area contributed by atoms with E-state index in [-0.39, 0.29) is 5.56 Å². The molecule has 0 atom stereocenters. The average molecular weight is 338 g/mol. The summed E-state index contributed by atoms with van der Waals surface area (Å²) in [6, 6.07) is 2.62. The maximum Gasteiger partial charge on any atom is 0.294 e. The second kappa shape index (κ2) is 5.33. The van der Waals surface area contributed by atoms with Gasteiger partial charge in [0.2, 0.25) is 5.82 Å². The summed E-state index contributed by atoms with van der Waals surface area (Å²) in [6.45, 7) is 1.28. The van der Waals surface area contributed by atoms with E-state index in [2.05, 4.69) is 0 Å². The summed E-state index contributed by atoms with van der Waals surface area (Å²) in [5.41, 5.74) is -1.75. The molecule has 2 aromatic rings. The fourth-order valence-corrected chi connectivity index (χ4v) is 2.38. The molecule has 0 spiro atoms. The maximum absolute atomic E-state index is 13.8. The SMILES string of the molecule is Cc1ccc(S(=O)(=O)O)cc1-c1c(F)c(F)c(F)c(F)c1F. The number of aryl methyl sites for hydroxylation is 1. The van der Waals surface area contributed by atoms with E-state index in [4.69, 9.17) is 4.55 Å². The molecule has 0 unspecified atom stereocenters. The molecule has 0 amide bonds. The Morgan fingerprint density at radius 3 is 1.77 bits per heavy atom. The van der Waals surface area contributed by atoms with Crippen molar-refractivity contribution in [1.82, 2.24) is 0 Å². The predicted molar refractivity (Wildman–Crippen MR) is 66.2 cm³/mol. The fraction of sp³-hybridized carbons (Fsp3) is 0.0769. The van der Waals surface area contributed by atoms with E-state index in [0.717, 1.165) is 12.1 Å². The lowest BCUT2D eigenvalue weighted by Gasteiger charge is -2.12. The van der Waals surface area contributed by atoms with Crippen LogP contribution in [0.1, 0.15) is 5.56 Å². The molecule has 0 saturated carbocycles. The number of hydrogen-bond donors (Lipinski definition) is 1. The summed E-state index contributed by atoms with van der Waals surface area (Å²) in [4.78, 5) is -0.739. The van der Waals surface area contributed by atoms with Crippen LogP contribution in [0.3, 0.4) is 0 Å². The van der Waals surface area contributed by atoms with E-state index in [1.165, 1.54) is 6.92 Å². The molecule has 0 saturated heterocycles. The predicted octanol–water partition coefficient (Wildman–Crippen LogP) is 3.60. The van der Waals surface area contributed by atoms with Gasteiger partial charge >= 0.3 is 0 Å². The second-order valence-corrected chi connectivity index (χ2v) is 5.82. The highest BCUT2D eigenvalue weighted by Gasteiger charge is 2.28. The molecular formula is C13H7F5O3S. The van der Waals surface area contributed by atoms with Crippen molar-refractivity contribution < 1.29 is 34.9 Å². The molecule has 2 rings (SSSR count). The Hall–Kier alpha value is -2.00. The second-order valence-electron chi connectivity index (χ2n) is 4.40. The van der Waals surface area contributed by atoms with Crippen LogP contribution < -0.4 is 0 Å². The van der Waals surface area contributed by atoms with Gasteiger partial charge < -0.3 is 0 Å².